The molecule has 1 heterocycles. The van der Waals surface area contributed by atoms with E-state index in [0.717, 1.165) is 42.6 Å². The molecule has 2 aliphatic rings. The Morgan fingerprint density at radius 3 is 2.77 bits per heavy atom. The van der Waals surface area contributed by atoms with Crippen LogP contribution in [0.1, 0.15) is 35.6 Å². The highest BCUT2D eigenvalue weighted by Crippen LogP contribution is 2.34. The summed E-state index contributed by atoms with van der Waals surface area (Å²) in [6.07, 6.45) is 7.58. The molecule has 0 atom stereocenters. The van der Waals surface area contributed by atoms with Gasteiger partial charge >= 0.3 is 0 Å². The standard InChI is InChI=1S/C16H27N5S/c1-12-9-19-15(22-12)10-20-16(17-2)18-7-8-21(14-5-6-14)11-13-3-4-13/h9,13-14H,3-8,10-11H2,1-2H3,(H2,17,18,20). The summed E-state index contributed by atoms with van der Waals surface area (Å²) >= 11 is 1.73. The molecule has 0 radical (unpaired) electrons. The Morgan fingerprint density at radius 1 is 1.36 bits per heavy atom. The monoisotopic (exact) mass is 321 g/mol. The van der Waals surface area contributed by atoms with E-state index >= 15 is 0 Å². The van der Waals surface area contributed by atoms with Crippen molar-refractivity contribution in [3.05, 3.63) is 16.1 Å². The summed E-state index contributed by atoms with van der Waals surface area (Å²) in [5.41, 5.74) is 0. The van der Waals surface area contributed by atoms with Crippen molar-refractivity contribution < 1.29 is 0 Å². The van der Waals surface area contributed by atoms with E-state index in [0.29, 0.717) is 0 Å². The van der Waals surface area contributed by atoms with Crippen LogP contribution in [0.15, 0.2) is 11.2 Å². The topological polar surface area (TPSA) is 52.6 Å². The lowest BCUT2D eigenvalue weighted by atomic mass is 10.3. The van der Waals surface area contributed by atoms with Crippen molar-refractivity contribution in [2.45, 2.75) is 45.2 Å². The summed E-state index contributed by atoms with van der Waals surface area (Å²) in [7, 11) is 1.82. The molecule has 1 aromatic heterocycles. The van der Waals surface area contributed by atoms with E-state index in [1.165, 1.54) is 37.1 Å². The van der Waals surface area contributed by atoms with E-state index in [4.69, 9.17) is 0 Å². The molecule has 5 nitrogen and oxygen atoms in total. The first-order chi connectivity index (χ1) is 10.7. The smallest absolute Gasteiger partial charge is 0.191 e. The summed E-state index contributed by atoms with van der Waals surface area (Å²) < 4.78 is 0. The average Bonchev–Trinajstić information content (AvgIpc) is 3.41. The largest absolute Gasteiger partial charge is 0.355 e. The van der Waals surface area contributed by atoms with E-state index in [2.05, 4.69) is 32.4 Å². The van der Waals surface area contributed by atoms with Gasteiger partial charge in [0, 0.05) is 43.8 Å². The molecule has 0 aliphatic heterocycles. The maximum atomic E-state index is 4.37. The minimum absolute atomic E-state index is 0.743. The number of nitrogens with zero attached hydrogens (tertiary/aromatic N) is 3. The second kappa shape index (κ2) is 7.42. The normalized spacial score (nSPS) is 18.8. The summed E-state index contributed by atoms with van der Waals surface area (Å²) in [6, 6.07) is 0.857. The molecule has 0 saturated heterocycles. The van der Waals surface area contributed by atoms with E-state index in [1.807, 2.05) is 13.2 Å². The zero-order valence-electron chi connectivity index (χ0n) is 13.6. The van der Waals surface area contributed by atoms with Crippen LogP contribution < -0.4 is 10.6 Å². The van der Waals surface area contributed by atoms with Gasteiger partial charge in [-0.15, -0.1) is 11.3 Å². The van der Waals surface area contributed by atoms with Gasteiger partial charge in [-0.2, -0.15) is 0 Å². The van der Waals surface area contributed by atoms with Gasteiger partial charge in [-0.05, 0) is 38.5 Å². The number of thiazole rings is 1. The first-order valence-electron chi connectivity index (χ1n) is 8.34. The number of aryl methyl sites for hydroxylation is 1. The van der Waals surface area contributed by atoms with Gasteiger partial charge in [-0.3, -0.25) is 9.89 Å². The lowest BCUT2D eigenvalue weighted by Crippen LogP contribution is -2.42. The summed E-state index contributed by atoms with van der Waals surface area (Å²) in [4.78, 5) is 12.6. The molecule has 3 rings (SSSR count). The molecule has 1 aromatic rings. The molecular formula is C16H27N5S. The molecule has 22 heavy (non-hydrogen) atoms. The van der Waals surface area contributed by atoms with Crippen LogP contribution in [0, 0.1) is 12.8 Å². The first kappa shape index (κ1) is 15.7. The van der Waals surface area contributed by atoms with Crippen LogP contribution in [0.4, 0.5) is 0 Å². The van der Waals surface area contributed by atoms with Gasteiger partial charge in [-0.1, -0.05) is 0 Å². The SMILES string of the molecule is CN=C(NCCN(CC1CC1)C1CC1)NCc1ncc(C)s1. The highest BCUT2D eigenvalue weighted by Gasteiger charge is 2.33. The lowest BCUT2D eigenvalue weighted by molar-refractivity contribution is 0.256. The molecule has 0 bridgehead atoms. The number of guanidine groups is 1. The summed E-state index contributed by atoms with van der Waals surface area (Å²) in [5, 5.41) is 7.87. The Bertz CT molecular complexity index is 504. The fourth-order valence-electron chi connectivity index (χ4n) is 2.68. The van der Waals surface area contributed by atoms with Crippen molar-refractivity contribution in [3.63, 3.8) is 0 Å². The third-order valence-electron chi connectivity index (χ3n) is 4.24. The summed E-state index contributed by atoms with van der Waals surface area (Å²) in [5.74, 6) is 1.85. The Morgan fingerprint density at radius 2 is 2.18 bits per heavy atom. The molecule has 2 saturated carbocycles. The van der Waals surface area contributed by atoms with Crippen LogP contribution in [0.25, 0.3) is 0 Å². The van der Waals surface area contributed by atoms with Crippen LogP contribution >= 0.6 is 11.3 Å². The van der Waals surface area contributed by atoms with Gasteiger partial charge in [0.15, 0.2) is 5.96 Å². The number of nitrogens with one attached hydrogen (secondary N) is 2. The van der Waals surface area contributed by atoms with Gasteiger partial charge < -0.3 is 10.6 Å². The van der Waals surface area contributed by atoms with Gasteiger partial charge in [0.1, 0.15) is 5.01 Å². The number of aliphatic imine (C=N–C) groups is 1. The van der Waals surface area contributed by atoms with Crippen LogP contribution in [0.5, 0.6) is 0 Å². The van der Waals surface area contributed by atoms with Crippen LogP contribution in [-0.4, -0.2) is 48.6 Å². The lowest BCUT2D eigenvalue weighted by Gasteiger charge is -2.22. The van der Waals surface area contributed by atoms with Crippen LogP contribution in [-0.2, 0) is 6.54 Å². The Labute approximate surface area is 137 Å². The van der Waals surface area contributed by atoms with Crippen LogP contribution in [0.3, 0.4) is 0 Å². The van der Waals surface area contributed by atoms with Crippen molar-refractivity contribution in [1.82, 2.24) is 20.5 Å². The van der Waals surface area contributed by atoms with Crippen molar-refractivity contribution >= 4 is 17.3 Å². The van der Waals surface area contributed by atoms with Crippen molar-refractivity contribution in [2.75, 3.05) is 26.7 Å². The third kappa shape index (κ3) is 4.95. The Hall–Kier alpha value is -1.14. The van der Waals surface area contributed by atoms with Gasteiger partial charge in [0.25, 0.3) is 0 Å². The molecule has 0 unspecified atom stereocenters. The average molecular weight is 321 g/mol. The first-order valence-corrected chi connectivity index (χ1v) is 9.16. The van der Waals surface area contributed by atoms with Gasteiger partial charge in [0.2, 0.25) is 0 Å². The number of hydrogen-bond donors (Lipinski definition) is 2. The highest BCUT2D eigenvalue weighted by atomic mass is 32.1. The van der Waals surface area contributed by atoms with Crippen LogP contribution in [0.2, 0.25) is 0 Å². The van der Waals surface area contributed by atoms with Crippen molar-refractivity contribution in [1.29, 1.82) is 0 Å². The number of hydrogen-bond acceptors (Lipinski definition) is 4. The van der Waals surface area contributed by atoms with E-state index in [9.17, 15) is 0 Å². The predicted molar refractivity (Wildman–Crippen MR) is 92.4 cm³/mol. The van der Waals surface area contributed by atoms with E-state index in [-0.39, 0.29) is 0 Å². The van der Waals surface area contributed by atoms with Crippen molar-refractivity contribution in [3.8, 4) is 0 Å². The zero-order valence-corrected chi connectivity index (χ0v) is 14.5. The molecule has 0 aromatic carbocycles. The maximum absolute atomic E-state index is 4.37. The zero-order chi connectivity index (χ0) is 15.4. The van der Waals surface area contributed by atoms with Crippen molar-refractivity contribution in [2.24, 2.45) is 10.9 Å². The fourth-order valence-corrected chi connectivity index (χ4v) is 3.40. The third-order valence-corrected chi connectivity index (χ3v) is 5.16. The molecular weight excluding hydrogens is 294 g/mol. The minimum Gasteiger partial charge on any atom is -0.355 e. The molecule has 2 N–H and O–H groups in total. The molecule has 2 fully saturated rings. The number of aromatic nitrogens is 1. The van der Waals surface area contributed by atoms with Gasteiger partial charge in [0.05, 0.1) is 6.54 Å². The Balaban J connectivity index is 1.36. The van der Waals surface area contributed by atoms with E-state index < -0.39 is 0 Å². The fraction of sp³-hybridized carbons (Fsp3) is 0.750. The molecule has 0 spiro atoms. The highest BCUT2D eigenvalue weighted by molar-refractivity contribution is 7.11. The molecule has 2 aliphatic carbocycles. The molecule has 6 heteroatoms. The molecule has 122 valence electrons. The van der Waals surface area contributed by atoms with E-state index in [1.54, 1.807) is 11.3 Å². The quantitative estimate of drug-likeness (QED) is 0.568. The second-order valence-corrected chi connectivity index (χ2v) is 7.71. The Kier molecular flexibility index (Phi) is 5.31. The maximum Gasteiger partial charge on any atom is 0.191 e. The predicted octanol–water partition coefficient (Wildman–Crippen LogP) is 1.99. The number of rotatable bonds is 8. The second-order valence-electron chi connectivity index (χ2n) is 6.39. The van der Waals surface area contributed by atoms with Gasteiger partial charge in [-0.25, -0.2) is 4.98 Å². The minimum atomic E-state index is 0.743. The summed E-state index contributed by atoms with van der Waals surface area (Å²) in [6.45, 7) is 6.21. The molecule has 0 amide bonds.